The van der Waals surface area contributed by atoms with Crippen LogP contribution in [0.25, 0.3) is 0 Å². The maximum absolute atomic E-state index is 10.4. The molecule has 0 aromatic carbocycles. The zero-order valence-corrected chi connectivity index (χ0v) is 23.0. The molecule has 1 N–H and O–H groups in total. The van der Waals surface area contributed by atoms with Crippen molar-refractivity contribution in [3.63, 3.8) is 0 Å². The van der Waals surface area contributed by atoms with Gasteiger partial charge in [-0.2, -0.15) is 0 Å². The van der Waals surface area contributed by atoms with E-state index in [2.05, 4.69) is 13.8 Å². The van der Waals surface area contributed by atoms with E-state index in [-0.39, 0.29) is 0 Å². The zero-order valence-electron chi connectivity index (χ0n) is 23.0. The molecule has 0 aliphatic carbocycles. The number of aliphatic carboxylic acids is 1. The second-order valence-corrected chi connectivity index (χ2v) is 11.2. The molecule has 0 radical (unpaired) electrons. The predicted octanol–water partition coefficient (Wildman–Crippen LogP) is 11.3. The van der Waals surface area contributed by atoms with Crippen molar-refractivity contribution >= 4 is 5.97 Å². The van der Waals surface area contributed by atoms with Gasteiger partial charge >= 0.3 is 5.97 Å². The fourth-order valence-corrected chi connectivity index (χ4v) is 4.89. The van der Waals surface area contributed by atoms with Gasteiger partial charge in [0.2, 0.25) is 0 Å². The van der Waals surface area contributed by atoms with Gasteiger partial charge in [-0.05, 0) is 12.3 Å². The largest absolute Gasteiger partial charge is 0.481 e. The maximum atomic E-state index is 10.4. The third-order valence-electron chi connectivity index (χ3n) is 7.17. The molecule has 0 unspecified atom stereocenters. The van der Waals surface area contributed by atoms with Gasteiger partial charge in [0, 0.05) is 6.42 Å². The van der Waals surface area contributed by atoms with Crippen LogP contribution in [0.4, 0.5) is 0 Å². The van der Waals surface area contributed by atoms with Gasteiger partial charge in [0.15, 0.2) is 0 Å². The van der Waals surface area contributed by atoms with Crippen molar-refractivity contribution in [2.24, 2.45) is 5.92 Å². The van der Waals surface area contributed by atoms with Crippen molar-refractivity contribution in [2.75, 3.05) is 0 Å². The SMILES string of the molecule is CC(C)CCCCCCCCCCCCCCCCCCCCCCCCCCCC(=O)O. The van der Waals surface area contributed by atoms with Crippen molar-refractivity contribution in [3.05, 3.63) is 0 Å². The van der Waals surface area contributed by atoms with Crippen LogP contribution in [0.3, 0.4) is 0 Å². The second kappa shape index (κ2) is 27.7. The van der Waals surface area contributed by atoms with E-state index in [1.807, 2.05) is 0 Å². The molecule has 0 aliphatic rings. The molecule has 0 rings (SSSR count). The smallest absolute Gasteiger partial charge is 0.303 e. The van der Waals surface area contributed by atoms with Crippen LogP contribution in [0.2, 0.25) is 0 Å². The maximum Gasteiger partial charge on any atom is 0.303 e. The number of unbranched alkanes of at least 4 members (excludes halogenated alkanes) is 24. The first-order valence-electron chi connectivity index (χ1n) is 15.3. The van der Waals surface area contributed by atoms with E-state index in [1.165, 1.54) is 154 Å². The van der Waals surface area contributed by atoms with E-state index >= 15 is 0 Å². The summed E-state index contributed by atoms with van der Waals surface area (Å²) in [6.45, 7) is 4.68. The molecule has 2 heteroatoms. The molecule has 0 spiro atoms. The Bertz CT molecular complexity index is 377. The van der Waals surface area contributed by atoms with Crippen molar-refractivity contribution in [1.29, 1.82) is 0 Å². The molecule has 0 fully saturated rings. The molecule has 2 nitrogen and oxygen atoms in total. The molecule has 0 aromatic heterocycles. The minimum absolute atomic E-state index is 0.346. The number of rotatable bonds is 28. The van der Waals surface area contributed by atoms with Gasteiger partial charge in [0.25, 0.3) is 0 Å². The molecule has 0 saturated carbocycles. The Hall–Kier alpha value is -0.530. The Balaban J connectivity index is 3.02. The zero-order chi connectivity index (χ0) is 24.2. The fraction of sp³-hybridized carbons (Fsp3) is 0.968. The lowest BCUT2D eigenvalue weighted by atomic mass is 10.0. The Labute approximate surface area is 209 Å². The summed E-state index contributed by atoms with van der Waals surface area (Å²) in [4.78, 5) is 10.4. The van der Waals surface area contributed by atoms with Gasteiger partial charge < -0.3 is 5.11 Å². The highest BCUT2D eigenvalue weighted by molar-refractivity contribution is 5.66. The normalized spacial score (nSPS) is 11.5. The van der Waals surface area contributed by atoms with E-state index < -0.39 is 5.97 Å². The summed E-state index contributed by atoms with van der Waals surface area (Å²) in [6.07, 6.45) is 36.5. The quantitative estimate of drug-likeness (QED) is 0.116. The van der Waals surface area contributed by atoms with Crippen LogP contribution in [0.1, 0.15) is 187 Å². The standard InChI is InChI=1S/C31H62O2/c1-30(2)28-26-24-22-20-18-16-14-12-10-8-6-4-3-5-7-9-11-13-15-17-19-21-23-25-27-29-31(32)33/h30H,3-29H2,1-2H3,(H,32,33). The highest BCUT2D eigenvalue weighted by atomic mass is 16.4. The number of carboxylic acid groups (broad SMARTS) is 1. The molecule has 198 valence electrons. The Morgan fingerprint density at radius 3 is 0.848 bits per heavy atom. The Morgan fingerprint density at radius 2 is 0.636 bits per heavy atom. The highest BCUT2D eigenvalue weighted by Gasteiger charge is 1.98. The number of hydrogen-bond donors (Lipinski definition) is 1. The van der Waals surface area contributed by atoms with Gasteiger partial charge in [0.1, 0.15) is 0 Å². The number of carboxylic acids is 1. The molecular formula is C31H62O2. The Kier molecular flexibility index (Phi) is 27.3. The summed E-state index contributed by atoms with van der Waals surface area (Å²) in [5, 5.41) is 8.61. The second-order valence-electron chi connectivity index (χ2n) is 11.2. The summed E-state index contributed by atoms with van der Waals surface area (Å²) < 4.78 is 0. The van der Waals surface area contributed by atoms with E-state index in [0.29, 0.717) is 6.42 Å². The number of carbonyl (C=O) groups is 1. The van der Waals surface area contributed by atoms with E-state index in [0.717, 1.165) is 18.8 Å². The van der Waals surface area contributed by atoms with E-state index in [4.69, 9.17) is 5.11 Å². The predicted molar refractivity (Wildman–Crippen MR) is 147 cm³/mol. The van der Waals surface area contributed by atoms with Crippen LogP contribution in [-0.4, -0.2) is 11.1 Å². The third-order valence-corrected chi connectivity index (χ3v) is 7.17. The molecule has 0 heterocycles. The molecule has 0 atom stereocenters. The molecule has 33 heavy (non-hydrogen) atoms. The first kappa shape index (κ1) is 32.5. The minimum atomic E-state index is -0.649. The average molecular weight is 467 g/mol. The topological polar surface area (TPSA) is 37.3 Å². The summed E-state index contributed by atoms with van der Waals surface area (Å²) in [6, 6.07) is 0. The van der Waals surface area contributed by atoms with E-state index in [9.17, 15) is 4.79 Å². The van der Waals surface area contributed by atoms with Crippen molar-refractivity contribution < 1.29 is 9.90 Å². The van der Waals surface area contributed by atoms with Crippen LogP contribution in [0, 0.1) is 5.92 Å². The van der Waals surface area contributed by atoms with Crippen molar-refractivity contribution in [1.82, 2.24) is 0 Å². The van der Waals surface area contributed by atoms with Gasteiger partial charge in [-0.1, -0.05) is 174 Å². The summed E-state index contributed by atoms with van der Waals surface area (Å²) in [5.74, 6) is 0.238. The van der Waals surface area contributed by atoms with Gasteiger partial charge in [-0.3, -0.25) is 4.79 Å². The van der Waals surface area contributed by atoms with Crippen molar-refractivity contribution in [3.8, 4) is 0 Å². The minimum Gasteiger partial charge on any atom is -0.481 e. The third kappa shape index (κ3) is 31.5. The molecule has 0 amide bonds. The van der Waals surface area contributed by atoms with E-state index in [1.54, 1.807) is 0 Å². The monoisotopic (exact) mass is 466 g/mol. The first-order valence-corrected chi connectivity index (χ1v) is 15.3. The number of hydrogen-bond acceptors (Lipinski definition) is 1. The summed E-state index contributed by atoms with van der Waals surface area (Å²) in [5.41, 5.74) is 0. The lowest BCUT2D eigenvalue weighted by molar-refractivity contribution is -0.137. The van der Waals surface area contributed by atoms with Crippen LogP contribution in [0.5, 0.6) is 0 Å². The molecule has 0 aliphatic heterocycles. The van der Waals surface area contributed by atoms with Crippen LogP contribution < -0.4 is 0 Å². The lowest BCUT2D eigenvalue weighted by Crippen LogP contribution is -1.93. The van der Waals surface area contributed by atoms with Crippen LogP contribution in [0.15, 0.2) is 0 Å². The molecular weight excluding hydrogens is 404 g/mol. The Morgan fingerprint density at radius 1 is 0.424 bits per heavy atom. The molecule has 0 bridgehead atoms. The van der Waals surface area contributed by atoms with Gasteiger partial charge in [0.05, 0.1) is 0 Å². The summed E-state index contributed by atoms with van der Waals surface area (Å²) >= 11 is 0. The van der Waals surface area contributed by atoms with Crippen LogP contribution in [-0.2, 0) is 4.79 Å². The highest BCUT2D eigenvalue weighted by Crippen LogP contribution is 2.16. The molecule has 0 aromatic rings. The van der Waals surface area contributed by atoms with Gasteiger partial charge in [-0.25, -0.2) is 0 Å². The lowest BCUT2D eigenvalue weighted by Gasteiger charge is -2.05. The summed E-state index contributed by atoms with van der Waals surface area (Å²) in [7, 11) is 0. The van der Waals surface area contributed by atoms with Gasteiger partial charge in [-0.15, -0.1) is 0 Å². The first-order chi connectivity index (χ1) is 16.1. The molecule has 0 saturated heterocycles. The fourth-order valence-electron chi connectivity index (χ4n) is 4.89. The van der Waals surface area contributed by atoms with Crippen molar-refractivity contribution in [2.45, 2.75) is 187 Å². The van der Waals surface area contributed by atoms with Crippen LogP contribution >= 0.6 is 0 Å². The average Bonchev–Trinajstić information content (AvgIpc) is 2.78.